The lowest BCUT2D eigenvalue weighted by Gasteiger charge is -2.33. The van der Waals surface area contributed by atoms with E-state index in [1.165, 1.54) is 12.8 Å². The molecule has 3 rings (SSSR count). The maximum absolute atomic E-state index is 12.3. The molecular weight excluding hydrogens is 290 g/mol. The van der Waals surface area contributed by atoms with Crippen LogP contribution in [0.4, 0.5) is 0 Å². The summed E-state index contributed by atoms with van der Waals surface area (Å²) in [5, 5.41) is 12.0. The average Bonchev–Trinajstić information content (AvgIpc) is 3.09. The number of amides is 1. The van der Waals surface area contributed by atoms with Crippen molar-refractivity contribution < 1.29 is 9.53 Å². The van der Waals surface area contributed by atoms with Crippen LogP contribution in [0.3, 0.4) is 0 Å². The second kappa shape index (κ2) is 7.58. The van der Waals surface area contributed by atoms with E-state index in [2.05, 4.69) is 16.3 Å². The first-order valence-electron chi connectivity index (χ1n) is 8.39. The summed E-state index contributed by atoms with van der Waals surface area (Å²) in [6.45, 7) is 3.93. The van der Waals surface area contributed by atoms with Crippen molar-refractivity contribution in [2.24, 2.45) is 0 Å². The number of carbonyl (C=O) groups is 1. The van der Waals surface area contributed by atoms with Crippen LogP contribution in [0.15, 0.2) is 24.3 Å². The number of nitriles is 1. The van der Waals surface area contributed by atoms with Crippen molar-refractivity contribution in [3.8, 4) is 6.07 Å². The molecule has 0 aromatic heterocycles. The Kier molecular flexibility index (Phi) is 5.27. The molecule has 1 aromatic carbocycles. The fraction of sp³-hybridized carbons (Fsp3) is 0.556. The lowest BCUT2D eigenvalue weighted by Crippen LogP contribution is -2.46. The fourth-order valence-electron chi connectivity index (χ4n) is 3.33. The van der Waals surface area contributed by atoms with Gasteiger partial charge in [-0.25, -0.2) is 0 Å². The van der Waals surface area contributed by atoms with Gasteiger partial charge in [0.25, 0.3) is 5.91 Å². The first-order valence-corrected chi connectivity index (χ1v) is 8.39. The molecule has 2 aliphatic heterocycles. The Labute approximate surface area is 137 Å². The highest BCUT2D eigenvalue weighted by atomic mass is 16.5. The Bertz CT molecular complexity index is 582. The molecule has 2 heterocycles. The first kappa shape index (κ1) is 16.0. The zero-order valence-electron chi connectivity index (χ0n) is 13.3. The highest BCUT2D eigenvalue weighted by molar-refractivity contribution is 5.94. The quantitative estimate of drug-likeness (QED) is 0.922. The number of carbonyl (C=O) groups excluding carboxylic acids is 1. The normalized spacial score (nSPS) is 22.7. The van der Waals surface area contributed by atoms with E-state index in [9.17, 15) is 4.79 Å². The van der Waals surface area contributed by atoms with Gasteiger partial charge in [-0.15, -0.1) is 0 Å². The van der Waals surface area contributed by atoms with Crippen LogP contribution >= 0.6 is 0 Å². The van der Waals surface area contributed by atoms with Gasteiger partial charge in [-0.2, -0.15) is 5.26 Å². The van der Waals surface area contributed by atoms with Gasteiger partial charge in [0.2, 0.25) is 0 Å². The van der Waals surface area contributed by atoms with Crippen molar-refractivity contribution in [2.45, 2.75) is 37.8 Å². The minimum Gasteiger partial charge on any atom is -0.377 e. The summed E-state index contributed by atoms with van der Waals surface area (Å²) in [4.78, 5) is 14.7. The standard InChI is InChI=1S/C18H23N3O2/c19-12-14-3-1-4-15(11-14)18(22)20-16-6-8-21(9-7-16)13-17-5-2-10-23-17/h1,3-4,11,16-17H,2,5-10,13H2,(H,20,22)/t17-/m1/s1. The Hall–Kier alpha value is -1.90. The Morgan fingerprint density at radius 1 is 1.35 bits per heavy atom. The molecule has 1 aromatic rings. The van der Waals surface area contributed by atoms with Crippen LogP contribution in [0, 0.1) is 11.3 Å². The summed E-state index contributed by atoms with van der Waals surface area (Å²) in [5.74, 6) is -0.0836. The Morgan fingerprint density at radius 3 is 2.87 bits per heavy atom. The van der Waals surface area contributed by atoms with E-state index in [1.54, 1.807) is 24.3 Å². The smallest absolute Gasteiger partial charge is 0.251 e. The number of benzene rings is 1. The zero-order chi connectivity index (χ0) is 16.1. The summed E-state index contributed by atoms with van der Waals surface area (Å²) in [6.07, 6.45) is 4.69. The van der Waals surface area contributed by atoms with Gasteiger partial charge in [0.15, 0.2) is 0 Å². The van der Waals surface area contributed by atoms with Crippen molar-refractivity contribution in [3.63, 3.8) is 0 Å². The number of ether oxygens (including phenoxy) is 1. The molecule has 122 valence electrons. The molecule has 0 radical (unpaired) electrons. The van der Waals surface area contributed by atoms with Crippen LogP contribution in [0.1, 0.15) is 41.6 Å². The van der Waals surface area contributed by atoms with Gasteiger partial charge in [-0.05, 0) is 43.9 Å². The van der Waals surface area contributed by atoms with Crippen LogP contribution in [-0.4, -0.2) is 49.2 Å². The van der Waals surface area contributed by atoms with Crippen molar-refractivity contribution in [1.29, 1.82) is 5.26 Å². The molecule has 0 aliphatic carbocycles. The van der Waals surface area contributed by atoms with Gasteiger partial charge in [-0.3, -0.25) is 4.79 Å². The van der Waals surface area contributed by atoms with Crippen molar-refractivity contribution in [1.82, 2.24) is 10.2 Å². The molecule has 1 amide bonds. The van der Waals surface area contributed by atoms with Gasteiger partial charge in [0.05, 0.1) is 17.7 Å². The van der Waals surface area contributed by atoms with Gasteiger partial charge in [0.1, 0.15) is 0 Å². The lowest BCUT2D eigenvalue weighted by atomic mass is 10.0. The van der Waals surface area contributed by atoms with Gasteiger partial charge < -0.3 is 15.0 Å². The third kappa shape index (κ3) is 4.31. The molecule has 0 unspecified atom stereocenters. The molecule has 0 saturated carbocycles. The lowest BCUT2D eigenvalue weighted by molar-refractivity contribution is 0.0613. The molecule has 0 bridgehead atoms. The number of hydrogen-bond acceptors (Lipinski definition) is 4. The maximum atomic E-state index is 12.3. The van der Waals surface area contributed by atoms with E-state index in [0.29, 0.717) is 17.2 Å². The van der Waals surface area contributed by atoms with Crippen LogP contribution in [0.25, 0.3) is 0 Å². The first-order chi connectivity index (χ1) is 11.2. The number of nitrogens with zero attached hydrogens (tertiary/aromatic N) is 2. The van der Waals surface area contributed by atoms with Crippen molar-refractivity contribution >= 4 is 5.91 Å². The van der Waals surface area contributed by atoms with E-state index < -0.39 is 0 Å². The second-order valence-electron chi connectivity index (χ2n) is 6.38. The summed E-state index contributed by atoms with van der Waals surface area (Å²) in [5.41, 5.74) is 1.08. The minimum absolute atomic E-state index is 0.0836. The van der Waals surface area contributed by atoms with E-state index in [1.807, 2.05) is 0 Å². The van der Waals surface area contributed by atoms with Crippen LogP contribution < -0.4 is 5.32 Å². The highest BCUT2D eigenvalue weighted by Crippen LogP contribution is 2.17. The van der Waals surface area contributed by atoms with E-state index in [4.69, 9.17) is 10.00 Å². The number of piperidine rings is 1. The van der Waals surface area contributed by atoms with Crippen LogP contribution in [-0.2, 0) is 4.74 Å². The number of hydrogen-bond donors (Lipinski definition) is 1. The molecule has 2 aliphatic rings. The summed E-state index contributed by atoms with van der Waals surface area (Å²) in [7, 11) is 0. The van der Waals surface area contributed by atoms with Gasteiger partial charge >= 0.3 is 0 Å². The molecule has 1 atom stereocenters. The van der Waals surface area contributed by atoms with Gasteiger partial charge in [-0.1, -0.05) is 6.07 Å². The second-order valence-corrected chi connectivity index (χ2v) is 6.38. The molecule has 5 nitrogen and oxygen atoms in total. The third-order valence-corrected chi connectivity index (χ3v) is 4.66. The molecule has 23 heavy (non-hydrogen) atoms. The fourth-order valence-corrected chi connectivity index (χ4v) is 3.33. The molecular formula is C18H23N3O2. The summed E-state index contributed by atoms with van der Waals surface area (Å²) >= 11 is 0. The van der Waals surface area contributed by atoms with E-state index >= 15 is 0 Å². The third-order valence-electron chi connectivity index (χ3n) is 4.66. The number of likely N-dealkylation sites (tertiary alicyclic amines) is 1. The number of rotatable bonds is 4. The monoisotopic (exact) mass is 313 g/mol. The molecule has 1 N–H and O–H groups in total. The summed E-state index contributed by atoms with van der Waals surface area (Å²) < 4.78 is 5.69. The number of nitrogens with one attached hydrogen (secondary N) is 1. The van der Waals surface area contributed by atoms with Crippen LogP contribution in [0.5, 0.6) is 0 Å². The predicted octanol–water partition coefficient (Wildman–Crippen LogP) is 1.93. The van der Waals surface area contributed by atoms with Crippen LogP contribution in [0.2, 0.25) is 0 Å². The van der Waals surface area contributed by atoms with E-state index in [-0.39, 0.29) is 11.9 Å². The maximum Gasteiger partial charge on any atom is 0.251 e. The predicted molar refractivity (Wildman–Crippen MR) is 87.1 cm³/mol. The minimum atomic E-state index is -0.0836. The molecule has 0 spiro atoms. The molecule has 2 saturated heterocycles. The molecule has 5 heteroatoms. The Morgan fingerprint density at radius 2 is 2.17 bits per heavy atom. The van der Waals surface area contributed by atoms with Crippen molar-refractivity contribution in [2.75, 3.05) is 26.2 Å². The average molecular weight is 313 g/mol. The van der Waals surface area contributed by atoms with Crippen molar-refractivity contribution in [3.05, 3.63) is 35.4 Å². The summed E-state index contributed by atoms with van der Waals surface area (Å²) in [6, 6.07) is 9.13. The Balaban J connectivity index is 1.46. The molecule has 2 fully saturated rings. The largest absolute Gasteiger partial charge is 0.377 e. The van der Waals surface area contributed by atoms with Gasteiger partial charge in [0, 0.05) is 37.8 Å². The topological polar surface area (TPSA) is 65.4 Å². The van der Waals surface area contributed by atoms with E-state index in [0.717, 1.165) is 39.1 Å². The zero-order valence-corrected chi connectivity index (χ0v) is 13.3. The SMILES string of the molecule is N#Cc1cccc(C(=O)NC2CCN(C[C@H]3CCCO3)CC2)c1. The highest BCUT2D eigenvalue weighted by Gasteiger charge is 2.24.